The first-order chi connectivity index (χ1) is 8.68. The average Bonchev–Trinajstić information content (AvgIpc) is 2.31. The molecule has 1 aromatic rings. The van der Waals surface area contributed by atoms with E-state index in [1.165, 1.54) is 0 Å². The molecule has 106 valence electrons. The van der Waals surface area contributed by atoms with E-state index in [1.54, 1.807) is 13.0 Å². The molecule has 0 atom stereocenters. The molecule has 0 spiro atoms. The molecule has 0 heterocycles. The standard InChI is InChI=1S/C14H19ClO3S/c1-6-9(2)8-18-14-10(3)7-13(19(15,16)17)11(4)12(14)5/h7H,2,6,8H2,1,3-5H3. The lowest BCUT2D eigenvalue weighted by Gasteiger charge is -2.16. The lowest BCUT2D eigenvalue weighted by atomic mass is 10.1. The SMILES string of the molecule is C=C(CC)COc1c(C)cc(S(=O)(=O)Cl)c(C)c1C. The Hall–Kier alpha value is -1.00. The van der Waals surface area contributed by atoms with Crippen molar-refractivity contribution in [2.75, 3.05) is 6.61 Å². The molecule has 0 amide bonds. The van der Waals surface area contributed by atoms with E-state index in [4.69, 9.17) is 15.4 Å². The minimum atomic E-state index is -3.73. The van der Waals surface area contributed by atoms with Gasteiger partial charge in [0.25, 0.3) is 9.05 Å². The third-order valence-corrected chi connectivity index (χ3v) is 4.61. The van der Waals surface area contributed by atoms with E-state index >= 15 is 0 Å². The van der Waals surface area contributed by atoms with Crippen molar-refractivity contribution in [1.82, 2.24) is 0 Å². The highest BCUT2D eigenvalue weighted by molar-refractivity contribution is 8.13. The predicted octanol–water partition coefficient (Wildman–Crippen LogP) is 3.88. The Morgan fingerprint density at radius 3 is 2.37 bits per heavy atom. The largest absolute Gasteiger partial charge is 0.489 e. The Morgan fingerprint density at radius 2 is 1.89 bits per heavy atom. The molecule has 0 aliphatic rings. The van der Waals surface area contributed by atoms with E-state index in [-0.39, 0.29) is 4.90 Å². The van der Waals surface area contributed by atoms with Crippen molar-refractivity contribution in [3.63, 3.8) is 0 Å². The first-order valence-electron chi connectivity index (χ1n) is 6.03. The Balaban J connectivity index is 3.23. The third kappa shape index (κ3) is 3.74. The summed E-state index contributed by atoms with van der Waals surface area (Å²) in [6.45, 7) is 11.7. The van der Waals surface area contributed by atoms with Crippen LogP contribution in [0, 0.1) is 20.8 Å². The van der Waals surface area contributed by atoms with Crippen LogP contribution in [0.3, 0.4) is 0 Å². The monoisotopic (exact) mass is 302 g/mol. The van der Waals surface area contributed by atoms with E-state index in [9.17, 15) is 8.42 Å². The Bertz CT molecular complexity index is 604. The number of aryl methyl sites for hydroxylation is 1. The molecule has 1 rings (SSSR count). The Morgan fingerprint density at radius 1 is 1.32 bits per heavy atom. The first kappa shape index (κ1) is 16.1. The van der Waals surface area contributed by atoms with Crippen molar-refractivity contribution in [2.24, 2.45) is 0 Å². The zero-order chi connectivity index (χ0) is 14.8. The number of benzene rings is 1. The predicted molar refractivity (Wildman–Crippen MR) is 78.6 cm³/mol. The van der Waals surface area contributed by atoms with Crippen LogP contribution in [0.25, 0.3) is 0 Å². The van der Waals surface area contributed by atoms with Crippen LogP contribution in [0.4, 0.5) is 0 Å². The highest BCUT2D eigenvalue weighted by atomic mass is 35.7. The van der Waals surface area contributed by atoms with Crippen LogP contribution in [0.5, 0.6) is 5.75 Å². The van der Waals surface area contributed by atoms with Gasteiger partial charge in [-0.1, -0.05) is 13.5 Å². The van der Waals surface area contributed by atoms with Gasteiger partial charge >= 0.3 is 0 Å². The van der Waals surface area contributed by atoms with Gasteiger partial charge in [-0.15, -0.1) is 0 Å². The van der Waals surface area contributed by atoms with Gasteiger partial charge in [0.05, 0.1) is 4.90 Å². The van der Waals surface area contributed by atoms with Crippen molar-refractivity contribution < 1.29 is 13.2 Å². The molecular weight excluding hydrogens is 284 g/mol. The molecule has 3 nitrogen and oxygen atoms in total. The summed E-state index contributed by atoms with van der Waals surface area (Å²) in [5.41, 5.74) is 3.16. The number of ether oxygens (including phenoxy) is 1. The second-order valence-corrected chi connectivity index (χ2v) is 7.14. The van der Waals surface area contributed by atoms with Gasteiger partial charge in [0, 0.05) is 10.7 Å². The molecule has 19 heavy (non-hydrogen) atoms. The molecule has 0 fully saturated rings. The maximum atomic E-state index is 11.5. The molecule has 0 aliphatic carbocycles. The number of hydrogen-bond acceptors (Lipinski definition) is 3. The molecular formula is C14H19ClO3S. The summed E-state index contributed by atoms with van der Waals surface area (Å²) in [7, 11) is 1.70. The quantitative estimate of drug-likeness (QED) is 0.612. The van der Waals surface area contributed by atoms with Gasteiger partial charge in [0.2, 0.25) is 0 Å². The molecule has 0 N–H and O–H groups in total. The van der Waals surface area contributed by atoms with E-state index in [1.807, 2.05) is 20.8 Å². The lowest BCUT2D eigenvalue weighted by Crippen LogP contribution is -2.06. The molecule has 0 saturated carbocycles. The van der Waals surface area contributed by atoms with Gasteiger partial charge in [-0.2, -0.15) is 0 Å². The van der Waals surface area contributed by atoms with Gasteiger partial charge in [-0.3, -0.25) is 0 Å². The fourth-order valence-electron chi connectivity index (χ4n) is 1.77. The Labute approximate surface area is 119 Å². The van der Waals surface area contributed by atoms with Crippen molar-refractivity contribution in [2.45, 2.75) is 39.0 Å². The number of halogens is 1. The van der Waals surface area contributed by atoms with Crippen LogP contribution >= 0.6 is 10.7 Å². The minimum Gasteiger partial charge on any atom is -0.489 e. The maximum absolute atomic E-state index is 11.5. The highest BCUT2D eigenvalue weighted by Crippen LogP contribution is 2.32. The third-order valence-electron chi connectivity index (χ3n) is 3.16. The molecule has 0 aromatic heterocycles. The van der Waals surface area contributed by atoms with Crippen LogP contribution < -0.4 is 4.74 Å². The molecule has 5 heteroatoms. The number of rotatable bonds is 5. The van der Waals surface area contributed by atoms with E-state index in [0.29, 0.717) is 17.9 Å². The van der Waals surface area contributed by atoms with Crippen molar-refractivity contribution in [3.05, 3.63) is 34.9 Å². The summed E-state index contributed by atoms with van der Waals surface area (Å²) in [6.07, 6.45) is 0.852. The fraction of sp³-hybridized carbons (Fsp3) is 0.429. The van der Waals surface area contributed by atoms with Gasteiger partial charge in [0.15, 0.2) is 0 Å². The second-order valence-electron chi connectivity index (χ2n) is 4.60. The van der Waals surface area contributed by atoms with Gasteiger partial charge in [0.1, 0.15) is 12.4 Å². The van der Waals surface area contributed by atoms with Gasteiger partial charge in [-0.05, 0) is 55.5 Å². The van der Waals surface area contributed by atoms with E-state index in [0.717, 1.165) is 23.1 Å². The van der Waals surface area contributed by atoms with Crippen LogP contribution in [0.2, 0.25) is 0 Å². The molecule has 0 bridgehead atoms. The smallest absolute Gasteiger partial charge is 0.261 e. The van der Waals surface area contributed by atoms with Crippen LogP contribution in [-0.4, -0.2) is 15.0 Å². The normalized spacial score (nSPS) is 11.4. The summed E-state index contributed by atoms with van der Waals surface area (Å²) in [5.74, 6) is 0.705. The topological polar surface area (TPSA) is 43.4 Å². The average molecular weight is 303 g/mol. The van der Waals surface area contributed by atoms with Crippen LogP contribution in [0.15, 0.2) is 23.1 Å². The van der Waals surface area contributed by atoms with Crippen molar-refractivity contribution >= 4 is 19.7 Å². The summed E-state index contributed by atoms with van der Waals surface area (Å²) in [6, 6.07) is 1.55. The van der Waals surface area contributed by atoms with Gasteiger partial charge < -0.3 is 4.74 Å². The molecule has 0 unspecified atom stereocenters. The second kappa shape index (κ2) is 5.97. The van der Waals surface area contributed by atoms with Crippen molar-refractivity contribution in [3.8, 4) is 5.75 Å². The lowest BCUT2D eigenvalue weighted by molar-refractivity contribution is 0.343. The van der Waals surface area contributed by atoms with E-state index in [2.05, 4.69) is 6.58 Å². The highest BCUT2D eigenvalue weighted by Gasteiger charge is 2.19. The number of hydrogen-bond donors (Lipinski definition) is 0. The van der Waals surface area contributed by atoms with Gasteiger partial charge in [-0.25, -0.2) is 8.42 Å². The first-order valence-corrected chi connectivity index (χ1v) is 8.34. The fourth-order valence-corrected chi connectivity index (χ4v) is 3.09. The summed E-state index contributed by atoms with van der Waals surface area (Å²) in [5, 5.41) is 0. The van der Waals surface area contributed by atoms with Crippen LogP contribution in [0.1, 0.15) is 30.0 Å². The maximum Gasteiger partial charge on any atom is 0.261 e. The Kier molecular flexibility index (Phi) is 5.04. The molecule has 1 aromatic carbocycles. The van der Waals surface area contributed by atoms with E-state index < -0.39 is 9.05 Å². The zero-order valence-electron chi connectivity index (χ0n) is 11.7. The minimum absolute atomic E-state index is 0.144. The molecule has 0 radical (unpaired) electrons. The summed E-state index contributed by atoms with van der Waals surface area (Å²) < 4.78 is 28.7. The zero-order valence-corrected chi connectivity index (χ0v) is 13.3. The molecule has 0 saturated heterocycles. The van der Waals surface area contributed by atoms with Crippen molar-refractivity contribution in [1.29, 1.82) is 0 Å². The molecule has 0 aliphatic heterocycles. The van der Waals surface area contributed by atoms with Crippen LogP contribution in [-0.2, 0) is 9.05 Å². The summed E-state index contributed by atoms with van der Waals surface area (Å²) >= 11 is 0. The summed E-state index contributed by atoms with van der Waals surface area (Å²) in [4.78, 5) is 0.144.